The number of sulfonamides is 1. The molecule has 0 saturated heterocycles. The van der Waals surface area contributed by atoms with Gasteiger partial charge in [-0.05, 0) is 18.2 Å². The Hall–Kier alpha value is -1.51. The molecule has 1 amide bonds. The monoisotopic (exact) mass is 304 g/mol. The Morgan fingerprint density at radius 2 is 2.15 bits per heavy atom. The molecule has 20 heavy (non-hydrogen) atoms. The number of amides is 1. The molecule has 0 atom stereocenters. The predicted molar refractivity (Wildman–Crippen MR) is 73.3 cm³/mol. The molecule has 112 valence electrons. The van der Waals surface area contributed by atoms with Gasteiger partial charge in [0.05, 0.1) is 19.4 Å². The van der Waals surface area contributed by atoms with Crippen molar-refractivity contribution in [2.75, 3.05) is 38.4 Å². The van der Waals surface area contributed by atoms with E-state index >= 15 is 0 Å². The number of halogens is 1. The van der Waals surface area contributed by atoms with E-state index in [2.05, 4.69) is 5.32 Å². The molecule has 0 aromatic heterocycles. The minimum absolute atomic E-state index is 0.0753. The van der Waals surface area contributed by atoms with Crippen molar-refractivity contribution < 1.29 is 22.3 Å². The second kappa shape index (κ2) is 7.32. The van der Waals surface area contributed by atoms with Crippen LogP contribution in [0.5, 0.6) is 0 Å². The minimum atomic E-state index is -3.51. The van der Waals surface area contributed by atoms with E-state index in [1.54, 1.807) is 0 Å². The molecular formula is C12H17FN2O4S. The van der Waals surface area contributed by atoms with Gasteiger partial charge in [-0.2, -0.15) is 4.31 Å². The maximum atomic E-state index is 13.0. The van der Waals surface area contributed by atoms with E-state index in [4.69, 9.17) is 4.74 Å². The fraction of sp³-hybridized carbons (Fsp3) is 0.417. The summed E-state index contributed by atoms with van der Waals surface area (Å²) in [6, 6.07) is 5.36. The summed E-state index contributed by atoms with van der Waals surface area (Å²) in [6.45, 7) is -0.0923. The first kappa shape index (κ1) is 16.5. The van der Waals surface area contributed by atoms with Crippen molar-refractivity contribution in [2.45, 2.75) is 0 Å². The van der Waals surface area contributed by atoms with Gasteiger partial charge in [0, 0.05) is 19.3 Å². The summed E-state index contributed by atoms with van der Waals surface area (Å²) in [5.74, 6) is -1.03. The second-order valence-corrected chi connectivity index (χ2v) is 6.13. The van der Waals surface area contributed by atoms with Gasteiger partial charge in [-0.15, -0.1) is 0 Å². The molecule has 1 aromatic rings. The molecule has 1 aromatic carbocycles. The SMILES string of the molecule is COCCN(CC(=O)Nc1cccc(F)c1)S(C)(=O)=O. The first-order valence-electron chi connectivity index (χ1n) is 5.82. The lowest BCUT2D eigenvalue weighted by Gasteiger charge is -2.18. The van der Waals surface area contributed by atoms with Crippen LogP contribution in [0.4, 0.5) is 10.1 Å². The summed E-state index contributed by atoms with van der Waals surface area (Å²) < 4.78 is 41.8. The Balaban J connectivity index is 2.67. The van der Waals surface area contributed by atoms with Crippen LogP contribution in [0.2, 0.25) is 0 Å². The summed E-state index contributed by atoms with van der Waals surface area (Å²) in [6.07, 6.45) is 1.01. The number of methoxy groups -OCH3 is 1. The Morgan fingerprint density at radius 3 is 2.70 bits per heavy atom. The summed E-state index contributed by atoms with van der Waals surface area (Å²) in [5, 5.41) is 2.44. The number of nitrogens with one attached hydrogen (secondary N) is 1. The largest absolute Gasteiger partial charge is 0.383 e. The lowest BCUT2D eigenvalue weighted by molar-refractivity contribution is -0.116. The first-order chi connectivity index (χ1) is 9.32. The molecule has 0 saturated carbocycles. The standard InChI is InChI=1S/C12H17FN2O4S/c1-19-7-6-15(20(2,17)18)9-12(16)14-11-5-3-4-10(13)8-11/h3-5,8H,6-7,9H2,1-2H3,(H,14,16). The highest BCUT2D eigenvalue weighted by atomic mass is 32.2. The van der Waals surface area contributed by atoms with E-state index in [1.807, 2.05) is 0 Å². The average Bonchev–Trinajstić information content (AvgIpc) is 2.33. The van der Waals surface area contributed by atoms with Crippen LogP contribution in [0, 0.1) is 5.82 Å². The highest BCUT2D eigenvalue weighted by molar-refractivity contribution is 7.88. The Morgan fingerprint density at radius 1 is 1.45 bits per heavy atom. The molecule has 0 heterocycles. The number of benzene rings is 1. The van der Waals surface area contributed by atoms with E-state index in [-0.39, 0.29) is 25.4 Å². The zero-order valence-corrected chi connectivity index (χ0v) is 12.1. The predicted octanol–water partition coefficient (Wildman–Crippen LogP) is 0.672. The molecule has 0 unspecified atom stereocenters. The van der Waals surface area contributed by atoms with Gasteiger partial charge in [0.2, 0.25) is 15.9 Å². The molecule has 0 radical (unpaired) electrons. The van der Waals surface area contributed by atoms with Crippen molar-refractivity contribution in [3.63, 3.8) is 0 Å². The number of rotatable bonds is 7. The number of ether oxygens (including phenoxy) is 1. The number of hydrogen-bond donors (Lipinski definition) is 1. The number of nitrogens with zero attached hydrogens (tertiary/aromatic N) is 1. The molecular weight excluding hydrogens is 287 g/mol. The molecule has 1 N–H and O–H groups in total. The Labute approximate surface area is 117 Å². The Kier molecular flexibility index (Phi) is 6.05. The van der Waals surface area contributed by atoms with Crippen molar-refractivity contribution in [3.8, 4) is 0 Å². The van der Waals surface area contributed by atoms with Gasteiger partial charge in [0.25, 0.3) is 0 Å². The highest BCUT2D eigenvalue weighted by Gasteiger charge is 2.19. The summed E-state index contributed by atoms with van der Waals surface area (Å²) >= 11 is 0. The second-order valence-electron chi connectivity index (χ2n) is 4.15. The fourth-order valence-corrected chi connectivity index (χ4v) is 2.24. The maximum Gasteiger partial charge on any atom is 0.239 e. The third kappa shape index (κ3) is 5.64. The van der Waals surface area contributed by atoms with Crippen LogP contribution in [0.1, 0.15) is 0 Å². The number of anilines is 1. The van der Waals surface area contributed by atoms with Crippen molar-refractivity contribution in [1.82, 2.24) is 4.31 Å². The van der Waals surface area contributed by atoms with Crippen LogP contribution < -0.4 is 5.32 Å². The lowest BCUT2D eigenvalue weighted by atomic mass is 10.3. The number of carbonyl (C=O) groups excluding carboxylic acids is 1. The average molecular weight is 304 g/mol. The summed E-state index contributed by atoms with van der Waals surface area (Å²) in [7, 11) is -2.08. The van der Waals surface area contributed by atoms with Gasteiger partial charge in [0.15, 0.2) is 0 Å². The molecule has 0 aliphatic carbocycles. The van der Waals surface area contributed by atoms with E-state index < -0.39 is 21.7 Å². The van der Waals surface area contributed by atoms with Gasteiger partial charge >= 0.3 is 0 Å². The van der Waals surface area contributed by atoms with E-state index in [9.17, 15) is 17.6 Å². The van der Waals surface area contributed by atoms with Crippen LogP contribution in [0.3, 0.4) is 0 Å². The molecule has 0 aliphatic rings. The van der Waals surface area contributed by atoms with Gasteiger partial charge in [-0.1, -0.05) is 6.07 Å². The third-order valence-electron chi connectivity index (χ3n) is 2.44. The Bertz CT molecular complexity index is 562. The van der Waals surface area contributed by atoms with E-state index in [1.165, 1.54) is 25.3 Å². The molecule has 6 nitrogen and oxygen atoms in total. The van der Waals surface area contributed by atoms with Gasteiger partial charge in [0.1, 0.15) is 5.82 Å². The normalized spacial score (nSPS) is 11.6. The molecule has 8 heteroatoms. The maximum absolute atomic E-state index is 13.0. The smallest absolute Gasteiger partial charge is 0.239 e. The van der Waals surface area contributed by atoms with Crippen molar-refractivity contribution in [3.05, 3.63) is 30.1 Å². The van der Waals surface area contributed by atoms with E-state index in [0.29, 0.717) is 0 Å². The summed E-state index contributed by atoms with van der Waals surface area (Å²) in [5.41, 5.74) is 0.273. The number of hydrogen-bond acceptors (Lipinski definition) is 4. The zero-order valence-electron chi connectivity index (χ0n) is 11.3. The van der Waals surface area contributed by atoms with Crippen LogP contribution in [0.25, 0.3) is 0 Å². The molecule has 0 aliphatic heterocycles. The van der Waals surface area contributed by atoms with Crippen molar-refractivity contribution in [1.29, 1.82) is 0 Å². The van der Waals surface area contributed by atoms with Gasteiger partial charge in [-0.3, -0.25) is 4.79 Å². The van der Waals surface area contributed by atoms with Gasteiger partial charge in [-0.25, -0.2) is 12.8 Å². The minimum Gasteiger partial charge on any atom is -0.383 e. The lowest BCUT2D eigenvalue weighted by Crippen LogP contribution is -2.39. The van der Waals surface area contributed by atoms with Crippen LogP contribution in [-0.2, 0) is 19.6 Å². The quantitative estimate of drug-likeness (QED) is 0.803. The van der Waals surface area contributed by atoms with Crippen LogP contribution >= 0.6 is 0 Å². The molecule has 1 rings (SSSR count). The molecule has 0 spiro atoms. The highest BCUT2D eigenvalue weighted by Crippen LogP contribution is 2.09. The van der Waals surface area contributed by atoms with Crippen molar-refractivity contribution in [2.24, 2.45) is 0 Å². The first-order valence-corrected chi connectivity index (χ1v) is 7.67. The van der Waals surface area contributed by atoms with Crippen LogP contribution in [0.15, 0.2) is 24.3 Å². The van der Waals surface area contributed by atoms with Crippen LogP contribution in [-0.4, -0.2) is 51.7 Å². The number of carbonyl (C=O) groups is 1. The van der Waals surface area contributed by atoms with E-state index in [0.717, 1.165) is 16.6 Å². The third-order valence-corrected chi connectivity index (χ3v) is 3.69. The fourth-order valence-electron chi connectivity index (χ4n) is 1.48. The van der Waals surface area contributed by atoms with Crippen molar-refractivity contribution >= 4 is 21.6 Å². The summed E-state index contributed by atoms with van der Waals surface area (Å²) in [4.78, 5) is 11.8. The zero-order chi connectivity index (χ0) is 15.2. The van der Waals surface area contributed by atoms with Gasteiger partial charge < -0.3 is 10.1 Å². The topological polar surface area (TPSA) is 75.7 Å². The molecule has 0 fully saturated rings. The molecule has 0 bridgehead atoms.